The van der Waals surface area contributed by atoms with Crippen molar-refractivity contribution in [3.8, 4) is 5.75 Å². The van der Waals surface area contributed by atoms with Crippen molar-refractivity contribution in [1.29, 1.82) is 0 Å². The van der Waals surface area contributed by atoms with Crippen LogP contribution in [0.2, 0.25) is 0 Å². The first kappa shape index (κ1) is 15.1. The zero-order valence-corrected chi connectivity index (χ0v) is 12.5. The van der Waals surface area contributed by atoms with Crippen LogP contribution in [0.3, 0.4) is 0 Å². The van der Waals surface area contributed by atoms with Gasteiger partial charge >= 0.3 is 0 Å². The Hall–Kier alpha value is -2.27. The van der Waals surface area contributed by atoms with Crippen LogP contribution >= 0.6 is 0 Å². The zero-order chi connectivity index (χ0) is 15.4. The van der Waals surface area contributed by atoms with Crippen molar-refractivity contribution < 1.29 is 13.9 Å². The Balaban J connectivity index is 2.09. The minimum absolute atomic E-state index is 0.177. The lowest BCUT2D eigenvalue weighted by atomic mass is 9.98. The summed E-state index contributed by atoms with van der Waals surface area (Å²) < 4.78 is 10.9. The van der Waals surface area contributed by atoms with E-state index in [0.29, 0.717) is 17.2 Å². The zero-order valence-electron chi connectivity index (χ0n) is 12.5. The number of amides is 1. The number of hydrazine groups is 1. The molecule has 2 rings (SSSR count). The number of nitrogen functional groups attached to an aromatic ring is 1. The molecule has 1 amide bonds. The van der Waals surface area contributed by atoms with Crippen LogP contribution in [0.5, 0.6) is 5.75 Å². The van der Waals surface area contributed by atoms with E-state index in [9.17, 15) is 4.79 Å². The van der Waals surface area contributed by atoms with Gasteiger partial charge in [0.25, 0.3) is 5.91 Å². The van der Waals surface area contributed by atoms with Gasteiger partial charge in [-0.1, -0.05) is 19.9 Å². The summed E-state index contributed by atoms with van der Waals surface area (Å²) in [5, 5.41) is 0. The van der Waals surface area contributed by atoms with Gasteiger partial charge in [0.2, 0.25) is 0 Å². The maximum absolute atomic E-state index is 11.5. The van der Waals surface area contributed by atoms with E-state index in [1.165, 1.54) is 17.4 Å². The molecule has 5 heteroatoms. The predicted octanol–water partition coefficient (Wildman–Crippen LogP) is 2.89. The highest BCUT2D eigenvalue weighted by Gasteiger charge is 2.14. The lowest BCUT2D eigenvalue weighted by molar-refractivity contribution is 0.0949. The van der Waals surface area contributed by atoms with E-state index in [1.54, 1.807) is 6.07 Å². The molecule has 1 heterocycles. The van der Waals surface area contributed by atoms with Crippen LogP contribution in [0, 0.1) is 6.92 Å². The van der Waals surface area contributed by atoms with E-state index >= 15 is 0 Å². The maximum atomic E-state index is 11.5. The van der Waals surface area contributed by atoms with Crippen molar-refractivity contribution >= 4 is 5.91 Å². The van der Waals surface area contributed by atoms with Gasteiger partial charge in [0.15, 0.2) is 5.76 Å². The third-order valence-electron chi connectivity index (χ3n) is 3.35. The van der Waals surface area contributed by atoms with Crippen molar-refractivity contribution in [3.05, 3.63) is 53.0 Å². The van der Waals surface area contributed by atoms with E-state index in [2.05, 4.69) is 32.3 Å². The van der Waals surface area contributed by atoms with Crippen LogP contribution in [0.15, 0.2) is 34.9 Å². The van der Waals surface area contributed by atoms with E-state index in [-0.39, 0.29) is 6.61 Å². The summed E-state index contributed by atoms with van der Waals surface area (Å²) in [6, 6.07) is 7.54. The Labute approximate surface area is 124 Å². The van der Waals surface area contributed by atoms with Crippen molar-refractivity contribution in [2.24, 2.45) is 5.84 Å². The highest BCUT2D eigenvalue weighted by Crippen LogP contribution is 2.24. The molecule has 5 nitrogen and oxygen atoms in total. The average Bonchev–Trinajstić information content (AvgIpc) is 2.92. The van der Waals surface area contributed by atoms with E-state index in [1.807, 2.05) is 12.1 Å². The molecule has 0 aliphatic carbocycles. The Kier molecular flexibility index (Phi) is 4.65. The summed E-state index contributed by atoms with van der Waals surface area (Å²) in [6.07, 6.45) is 1.44. The molecule has 0 aliphatic heterocycles. The van der Waals surface area contributed by atoms with Crippen molar-refractivity contribution in [3.63, 3.8) is 0 Å². The number of benzene rings is 1. The smallest absolute Gasteiger partial charge is 0.268 e. The molecule has 21 heavy (non-hydrogen) atoms. The van der Waals surface area contributed by atoms with Crippen molar-refractivity contribution in [2.45, 2.75) is 33.3 Å². The Morgan fingerprint density at radius 2 is 2.14 bits per heavy atom. The van der Waals surface area contributed by atoms with Crippen LogP contribution in [0.25, 0.3) is 0 Å². The summed E-state index contributed by atoms with van der Waals surface area (Å²) in [5.74, 6) is 6.39. The number of aryl methyl sites for hydroxylation is 1. The largest absolute Gasteiger partial charge is 0.486 e. The van der Waals surface area contributed by atoms with Gasteiger partial charge < -0.3 is 9.15 Å². The Bertz CT molecular complexity index is 632. The molecule has 112 valence electrons. The third kappa shape index (κ3) is 3.44. The molecule has 1 aromatic carbocycles. The number of ether oxygens (including phenoxy) is 1. The molecule has 1 aromatic heterocycles. The average molecular weight is 288 g/mol. The Morgan fingerprint density at radius 3 is 2.76 bits per heavy atom. The second-order valence-electron chi connectivity index (χ2n) is 5.19. The number of nitrogens with one attached hydrogen (secondary N) is 1. The van der Waals surface area contributed by atoms with Gasteiger partial charge in [-0.3, -0.25) is 10.2 Å². The summed E-state index contributed by atoms with van der Waals surface area (Å²) in [5.41, 5.74) is 4.94. The second kappa shape index (κ2) is 6.45. The number of hydrogen-bond donors (Lipinski definition) is 2. The van der Waals surface area contributed by atoms with Crippen LogP contribution in [0.1, 0.15) is 47.0 Å². The van der Waals surface area contributed by atoms with Crippen LogP contribution in [0.4, 0.5) is 0 Å². The quantitative estimate of drug-likeness (QED) is 0.504. The molecule has 2 aromatic rings. The fourth-order valence-corrected chi connectivity index (χ4v) is 2.27. The van der Waals surface area contributed by atoms with Crippen molar-refractivity contribution in [1.82, 2.24) is 5.43 Å². The maximum Gasteiger partial charge on any atom is 0.268 e. The third-order valence-corrected chi connectivity index (χ3v) is 3.35. The first-order chi connectivity index (χ1) is 10.0. The molecular formula is C16H20N2O3. The molecule has 0 spiro atoms. The number of carbonyl (C=O) groups is 1. The summed E-state index contributed by atoms with van der Waals surface area (Å²) >= 11 is 0. The second-order valence-corrected chi connectivity index (χ2v) is 5.19. The van der Waals surface area contributed by atoms with Gasteiger partial charge in [-0.2, -0.15) is 0 Å². The summed E-state index contributed by atoms with van der Waals surface area (Å²) in [6.45, 7) is 6.55. The standard InChI is InChI=1S/C16H20N2O3/c1-10(2)13-5-4-12(8-11(13)3)21-9-15-14(6-7-20-15)16(19)18-17/h4-8,10H,9,17H2,1-3H3,(H,18,19). The SMILES string of the molecule is Cc1cc(OCc2occc2C(=O)NN)ccc1C(C)C. The minimum atomic E-state index is -0.395. The molecule has 3 N–H and O–H groups in total. The minimum Gasteiger partial charge on any atom is -0.486 e. The van der Waals surface area contributed by atoms with E-state index < -0.39 is 5.91 Å². The molecule has 0 atom stereocenters. The predicted molar refractivity (Wildman–Crippen MR) is 80.0 cm³/mol. The summed E-state index contributed by atoms with van der Waals surface area (Å²) in [7, 11) is 0. The first-order valence-corrected chi connectivity index (χ1v) is 6.83. The number of carbonyl (C=O) groups excluding carboxylic acids is 1. The molecule has 0 fully saturated rings. The lowest BCUT2D eigenvalue weighted by Gasteiger charge is -2.12. The molecular weight excluding hydrogens is 268 g/mol. The van der Waals surface area contributed by atoms with Gasteiger partial charge in [-0.25, -0.2) is 5.84 Å². The highest BCUT2D eigenvalue weighted by molar-refractivity contribution is 5.94. The normalized spacial score (nSPS) is 10.7. The monoisotopic (exact) mass is 288 g/mol. The number of rotatable bonds is 5. The lowest BCUT2D eigenvalue weighted by Crippen LogP contribution is -2.30. The number of furan rings is 1. The van der Waals surface area contributed by atoms with Crippen LogP contribution in [-0.4, -0.2) is 5.91 Å². The van der Waals surface area contributed by atoms with E-state index in [0.717, 1.165) is 5.75 Å². The van der Waals surface area contributed by atoms with Crippen LogP contribution in [-0.2, 0) is 6.61 Å². The molecule has 0 saturated carbocycles. The summed E-state index contributed by atoms with van der Waals surface area (Å²) in [4.78, 5) is 11.5. The van der Waals surface area contributed by atoms with Gasteiger partial charge in [0.05, 0.1) is 11.8 Å². The Morgan fingerprint density at radius 1 is 1.38 bits per heavy atom. The van der Waals surface area contributed by atoms with E-state index in [4.69, 9.17) is 15.0 Å². The first-order valence-electron chi connectivity index (χ1n) is 6.83. The molecule has 0 unspecified atom stereocenters. The van der Waals surface area contributed by atoms with Gasteiger partial charge in [-0.05, 0) is 42.2 Å². The topological polar surface area (TPSA) is 77.5 Å². The fourth-order valence-electron chi connectivity index (χ4n) is 2.27. The van der Waals surface area contributed by atoms with Gasteiger partial charge in [0, 0.05) is 0 Å². The van der Waals surface area contributed by atoms with Crippen molar-refractivity contribution in [2.75, 3.05) is 0 Å². The molecule has 0 radical (unpaired) electrons. The van der Waals surface area contributed by atoms with Crippen LogP contribution < -0.4 is 16.0 Å². The van der Waals surface area contributed by atoms with Gasteiger partial charge in [0.1, 0.15) is 12.4 Å². The number of hydrogen-bond acceptors (Lipinski definition) is 4. The number of nitrogens with two attached hydrogens (primary N) is 1. The molecule has 0 saturated heterocycles. The fraction of sp³-hybridized carbons (Fsp3) is 0.312. The highest BCUT2D eigenvalue weighted by atomic mass is 16.5. The van der Waals surface area contributed by atoms with Gasteiger partial charge in [-0.15, -0.1) is 0 Å². The molecule has 0 aliphatic rings. The molecule has 0 bridgehead atoms.